The topological polar surface area (TPSA) is 111 Å². The van der Waals surface area contributed by atoms with Crippen LogP contribution in [0, 0.1) is 10.1 Å². The Balaban J connectivity index is 2.18. The minimum Gasteiger partial charge on any atom is -0.467 e. The molecule has 0 saturated carbocycles. The molecule has 1 amide bonds. The van der Waals surface area contributed by atoms with Gasteiger partial charge in [-0.15, -0.1) is 0 Å². The van der Waals surface area contributed by atoms with Crippen molar-refractivity contribution in [1.29, 1.82) is 0 Å². The molecular formula is C12H11N3O4. The van der Waals surface area contributed by atoms with E-state index in [4.69, 9.17) is 10.2 Å². The number of hydrogen-bond donors (Lipinski definition) is 2. The number of hydrogen-bond acceptors (Lipinski definition) is 5. The third-order valence-electron chi connectivity index (χ3n) is 2.47. The van der Waals surface area contributed by atoms with Crippen molar-refractivity contribution in [1.82, 2.24) is 5.32 Å². The van der Waals surface area contributed by atoms with Crippen LogP contribution in [0.3, 0.4) is 0 Å². The number of benzene rings is 1. The van der Waals surface area contributed by atoms with Crippen molar-refractivity contribution in [2.45, 2.75) is 6.54 Å². The number of nitrogens with two attached hydrogens (primary N) is 1. The molecule has 2 aromatic rings. The minimum atomic E-state index is -0.624. The number of nitrogens with one attached hydrogen (secondary N) is 1. The van der Waals surface area contributed by atoms with Crippen LogP contribution >= 0.6 is 0 Å². The zero-order chi connectivity index (χ0) is 13.8. The average Bonchev–Trinajstić information content (AvgIpc) is 2.88. The smallest absolute Gasteiger partial charge is 0.282 e. The molecule has 19 heavy (non-hydrogen) atoms. The van der Waals surface area contributed by atoms with Gasteiger partial charge in [-0.1, -0.05) is 0 Å². The fourth-order valence-electron chi connectivity index (χ4n) is 1.57. The summed E-state index contributed by atoms with van der Waals surface area (Å²) in [6.45, 7) is 0.151. The highest BCUT2D eigenvalue weighted by atomic mass is 16.6. The molecule has 0 atom stereocenters. The first-order chi connectivity index (χ1) is 9.08. The summed E-state index contributed by atoms with van der Waals surface area (Å²) in [5.41, 5.74) is 5.46. The summed E-state index contributed by atoms with van der Waals surface area (Å²) in [7, 11) is 0. The molecule has 98 valence electrons. The molecule has 7 nitrogen and oxygen atoms in total. The number of nitrogen functional groups attached to an aromatic ring is 1. The molecule has 1 aromatic carbocycles. The van der Waals surface area contributed by atoms with Gasteiger partial charge in [-0.3, -0.25) is 14.9 Å². The lowest BCUT2D eigenvalue weighted by molar-refractivity contribution is -0.385. The summed E-state index contributed by atoms with van der Waals surface area (Å²) >= 11 is 0. The van der Waals surface area contributed by atoms with Crippen LogP contribution in [0.25, 0.3) is 0 Å². The number of amides is 1. The molecule has 0 radical (unpaired) electrons. The first-order valence-corrected chi connectivity index (χ1v) is 5.42. The van der Waals surface area contributed by atoms with Gasteiger partial charge in [0.05, 0.1) is 17.7 Å². The number of carbonyl (C=O) groups excluding carboxylic acids is 1. The van der Waals surface area contributed by atoms with Gasteiger partial charge in [-0.2, -0.15) is 0 Å². The highest BCUT2D eigenvalue weighted by Crippen LogP contribution is 2.21. The van der Waals surface area contributed by atoms with Crippen molar-refractivity contribution in [3.63, 3.8) is 0 Å². The summed E-state index contributed by atoms with van der Waals surface area (Å²) in [6.07, 6.45) is 1.48. The molecule has 0 aliphatic rings. The number of furan rings is 1. The van der Waals surface area contributed by atoms with Crippen LogP contribution in [-0.4, -0.2) is 10.8 Å². The maximum Gasteiger partial charge on any atom is 0.282 e. The second-order valence-electron chi connectivity index (χ2n) is 3.80. The van der Waals surface area contributed by atoms with E-state index in [1.807, 2.05) is 0 Å². The van der Waals surface area contributed by atoms with Crippen LogP contribution in [0.4, 0.5) is 11.4 Å². The molecule has 0 aliphatic heterocycles. The molecule has 0 saturated heterocycles. The van der Waals surface area contributed by atoms with Crippen LogP contribution in [0.1, 0.15) is 16.1 Å². The normalized spacial score (nSPS) is 10.1. The molecule has 0 spiro atoms. The molecule has 3 N–H and O–H groups in total. The fraction of sp³-hybridized carbons (Fsp3) is 0.0833. The summed E-state index contributed by atoms with van der Waals surface area (Å²) in [5.74, 6) is -0.0182. The number of nitro groups is 1. The van der Waals surface area contributed by atoms with Gasteiger partial charge in [-0.25, -0.2) is 0 Å². The molecule has 7 heteroatoms. The van der Waals surface area contributed by atoms with Gasteiger partial charge in [0.2, 0.25) is 0 Å². The van der Waals surface area contributed by atoms with E-state index in [0.29, 0.717) is 5.76 Å². The fourth-order valence-corrected chi connectivity index (χ4v) is 1.57. The molecule has 0 aliphatic carbocycles. The number of rotatable bonds is 4. The van der Waals surface area contributed by atoms with Crippen LogP contribution in [0.5, 0.6) is 0 Å². The Hall–Kier alpha value is -2.83. The van der Waals surface area contributed by atoms with Crippen LogP contribution in [0.2, 0.25) is 0 Å². The van der Waals surface area contributed by atoms with Gasteiger partial charge < -0.3 is 15.5 Å². The van der Waals surface area contributed by atoms with E-state index < -0.39 is 10.8 Å². The largest absolute Gasteiger partial charge is 0.467 e. The highest BCUT2D eigenvalue weighted by Gasteiger charge is 2.20. The van der Waals surface area contributed by atoms with Crippen molar-refractivity contribution in [3.8, 4) is 0 Å². The van der Waals surface area contributed by atoms with Crippen molar-refractivity contribution < 1.29 is 14.1 Å². The average molecular weight is 261 g/mol. The van der Waals surface area contributed by atoms with Gasteiger partial charge in [0, 0.05) is 11.8 Å². The number of nitro benzene ring substituents is 1. The van der Waals surface area contributed by atoms with Crippen molar-refractivity contribution in [2.75, 3.05) is 5.73 Å². The summed E-state index contributed by atoms with van der Waals surface area (Å²) < 4.78 is 5.05. The number of carbonyl (C=O) groups is 1. The van der Waals surface area contributed by atoms with E-state index in [-0.39, 0.29) is 23.5 Å². The zero-order valence-corrected chi connectivity index (χ0v) is 9.83. The number of anilines is 1. The molecule has 0 unspecified atom stereocenters. The molecular weight excluding hydrogens is 250 g/mol. The second kappa shape index (κ2) is 5.21. The van der Waals surface area contributed by atoms with Gasteiger partial charge in [0.25, 0.3) is 11.6 Å². The predicted molar refractivity (Wildman–Crippen MR) is 67.4 cm³/mol. The third kappa shape index (κ3) is 2.89. The Morgan fingerprint density at radius 3 is 2.84 bits per heavy atom. The molecule has 0 fully saturated rings. The Morgan fingerprint density at radius 2 is 2.21 bits per heavy atom. The standard InChI is InChI=1S/C12H11N3O4/c13-8-3-4-11(15(17)18)10(6-8)12(16)14-7-9-2-1-5-19-9/h1-6H,7,13H2,(H,14,16). The van der Waals surface area contributed by atoms with E-state index in [2.05, 4.69) is 5.32 Å². The van der Waals surface area contributed by atoms with E-state index >= 15 is 0 Å². The predicted octanol–water partition coefficient (Wildman–Crippen LogP) is 1.70. The molecule has 2 rings (SSSR count). The van der Waals surface area contributed by atoms with E-state index in [1.165, 1.54) is 24.5 Å². The lowest BCUT2D eigenvalue weighted by atomic mass is 10.1. The van der Waals surface area contributed by atoms with E-state index in [1.54, 1.807) is 12.1 Å². The zero-order valence-electron chi connectivity index (χ0n) is 9.83. The Labute approximate surface area is 108 Å². The molecule has 1 aromatic heterocycles. The van der Waals surface area contributed by atoms with Crippen molar-refractivity contribution in [2.24, 2.45) is 0 Å². The lowest BCUT2D eigenvalue weighted by Crippen LogP contribution is -2.23. The van der Waals surface area contributed by atoms with Crippen LogP contribution in [-0.2, 0) is 6.54 Å². The van der Waals surface area contributed by atoms with Gasteiger partial charge >= 0.3 is 0 Å². The summed E-state index contributed by atoms with van der Waals surface area (Å²) in [5, 5.41) is 13.4. The van der Waals surface area contributed by atoms with E-state index in [0.717, 1.165) is 0 Å². The monoisotopic (exact) mass is 261 g/mol. The molecule has 1 heterocycles. The highest BCUT2D eigenvalue weighted by molar-refractivity contribution is 5.98. The Morgan fingerprint density at radius 1 is 1.42 bits per heavy atom. The van der Waals surface area contributed by atoms with Crippen molar-refractivity contribution >= 4 is 17.3 Å². The van der Waals surface area contributed by atoms with Crippen LogP contribution < -0.4 is 11.1 Å². The molecule has 0 bridgehead atoms. The third-order valence-corrected chi connectivity index (χ3v) is 2.47. The second-order valence-corrected chi connectivity index (χ2v) is 3.80. The van der Waals surface area contributed by atoms with Crippen molar-refractivity contribution in [3.05, 3.63) is 58.0 Å². The Bertz CT molecular complexity index is 607. The van der Waals surface area contributed by atoms with E-state index in [9.17, 15) is 14.9 Å². The minimum absolute atomic E-state index is 0.0726. The van der Waals surface area contributed by atoms with Crippen LogP contribution in [0.15, 0.2) is 41.0 Å². The maximum atomic E-state index is 11.9. The lowest BCUT2D eigenvalue weighted by Gasteiger charge is -2.05. The maximum absolute atomic E-state index is 11.9. The first kappa shape index (κ1) is 12.6. The summed E-state index contributed by atoms with van der Waals surface area (Å²) in [4.78, 5) is 22.1. The van der Waals surface area contributed by atoms with Gasteiger partial charge in [-0.05, 0) is 24.3 Å². The Kier molecular flexibility index (Phi) is 3.46. The summed E-state index contributed by atoms with van der Waals surface area (Å²) in [6, 6.07) is 7.23. The van der Waals surface area contributed by atoms with Gasteiger partial charge in [0.15, 0.2) is 0 Å². The van der Waals surface area contributed by atoms with Gasteiger partial charge in [0.1, 0.15) is 11.3 Å². The quantitative estimate of drug-likeness (QED) is 0.494. The number of nitrogens with zero attached hydrogens (tertiary/aromatic N) is 1. The SMILES string of the molecule is Nc1ccc([N+](=O)[O-])c(C(=O)NCc2ccco2)c1. The first-order valence-electron chi connectivity index (χ1n) is 5.42.